The van der Waals surface area contributed by atoms with E-state index in [1.165, 1.54) is 186 Å². The molecule has 0 saturated carbocycles. The van der Waals surface area contributed by atoms with Gasteiger partial charge in [0.2, 0.25) is 5.91 Å². The zero-order chi connectivity index (χ0) is 65.4. The molecule has 0 spiro atoms. The van der Waals surface area contributed by atoms with E-state index >= 15 is 0 Å². The molecule has 3 rings (SSSR count). The molecule has 17 unspecified atom stereocenters. The highest BCUT2D eigenvalue weighted by atomic mass is 16.8. The molecule has 0 aromatic heterocycles. The van der Waals surface area contributed by atoms with Crippen molar-refractivity contribution in [2.24, 2.45) is 0 Å². The van der Waals surface area contributed by atoms with Gasteiger partial charge in [-0.3, -0.25) is 4.79 Å². The van der Waals surface area contributed by atoms with Crippen molar-refractivity contribution in [2.45, 2.75) is 381 Å². The van der Waals surface area contributed by atoms with E-state index in [1.807, 2.05) is 0 Å². The summed E-state index contributed by atoms with van der Waals surface area (Å²) in [5.74, 6) is -0.241. The third kappa shape index (κ3) is 34.6. The number of aliphatic hydroxyl groups excluding tert-OH is 11. The second kappa shape index (κ2) is 53.2. The maximum absolute atomic E-state index is 13.4. The summed E-state index contributed by atoms with van der Waals surface area (Å²) < 4.78 is 34.3. The molecule has 3 aliphatic heterocycles. The number of amides is 1. The molecule has 528 valence electrons. The highest BCUT2D eigenvalue weighted by molar-refractivity contribution is 5.76. The van der Waals surface area contributed by atoms with Gasteiger partial charge in [0.25, 0.3) is 0 Å². The maximum Gasteiger partial charge on any atom is 0.220 e. The van der Waals surface area contributed by atoms with Crippen LogP contribution in [-0.2, 0) is 33.2 Å². The molecular formula is C71H131NO18. The van der Waals surface area contributed by atoms with E-state index in [0.29, 0.717) is 12.8 Å². The molecule has 3 saturated heterocycles. The molecule has 0 aromatic carbocycles. The number of hydrogen-bond acceptors (Lipinski definition) is 18. The SMILES string of the molecule is CCCCCCC/C=C\C/C=C\C/C=C\CCCCCCCCCCCCCCCCCCCCCCC(=O)NC(COC1OC(CO)C(OC2OC(CO)C(OC3OC(CO)C(O)C(O)C3O)C(O)C2O)C(O)C1O)C(O)CCCCCCCCCCCC. The van der Waals surface area contributed by atoms with Gasteiger partial charge in [0.05, 0.1) is 38.6 Å². The second-order valence-corrected chi connectivity index (χ2v) is 26.1. The van der Waals surface area contributed by atoms with Crippen LogP contribution in [0.2, 0.25) is 0 Å². The molecule has 19 nitrogen and oxygen atoms in total. The fourth-order valence-corrected chi connectivity index (χ4v) is 12.3. The molecule has 17 atom stereocenters. The van der Waals surface area contributed by atoms with E-state index in [9.17, 15) is 61.0 Å². The Morgan fingerprint density at radius 1 is 0.400 bits per heavy atom. The number of unbranched alkanes of at least 4 members (excludes halogenated alkanes) is 34. The maximum atomic E-state index is 13.4. The fraction of sp³-hybridized carbons (Fsp3) is 0.901. The van der Waals surface area contributed by atoms with Crippen LogP contribution in [0.4, 0.5) is 0 Å². The molecule has 0 aliphatic carbocycles. The Balaban J connectivity index is 1.30. The smallest absolute Gasteiger partial charge is 0.220 e. The van der Waals surface area contributed by atoms with Gasteiger partial charge in [-0.1, -0.05) is 256 Å². The molecule has 3 aliphatic rings. The fourth-order valence-electron chi connectivity index (χ4n) is 12.3. The number of aliphatic hydroxyl groups is 11. The molecule has 12 N–H and O–H groups in total. The highest BCUT2D eigenvalue weighted by Crippen LogP contribution is 2.33. The number of nitrogens with one attached hydrogen (secondary N) is 1. The summed E-state index contributed by atoms with van der Waals surface area (Å²) in [6.07, 6.45) is 35.5. The Hall–Kier alpha value is -1.99. The van der Waals surface area contributed by atoms with E-state index in [2.05, 4.69) is 55.6 Å². The lowest BCUT2D eigenvalue weighted by Crippen LogP contribution is -2.66. The summed E-state index contributed by atoms with van der Waals surface area (Å²) in [5, 5.41) is 120. The highest BCUT2D eigenvalue weighted by Gasteiger charge is 2.53. The summed E-state index contributed by atoms with van der Waals surface area (Å²) in [6, 6.07) is -0.884. The number of ether oxygens (including phenoxy) is 6. The summed E-state index contributed by atoms with van der Waals surface area (Å²) in [7, 11) is 0. The summed E-state index contributed by atoms with van der Waals surface area (Å²) in [6.45, 7) is 1.77. The van der Waals surface area contributed by atoms with Gasteiger partial charge in [-0.15, -0.1) is 0 Å². The average molecular weight is 1290 g/mol. The molecule has 1 amide bonds. The first kappa shape index (κ1) is 82.2. The van der Waals surface area contributed by atoms with E-state index < -0.39 is 124 Å². The normalized spacial score (nSPS) is 28.2. The lowest BCUT2D eigenvalue weighted by atomic mass is 9.96. The van der Waals surface area contributed by atoms with Crippen molar-refractivity contribution >= 4 is 5.91 Å². The summed E-state index contributed by atoms with van der Waals surface area (Å²) >= 11 is 0. The van der Waals surface area contributed by atoms with Crippen LogP contribution in [0.25, 0.3) is 0 Å². The summed E-state index contributed by atoms with van der Waals surface area (Å²) in [5.41, 5.74) is 0. The lowest BCUT2D eigenvalue weighted by Gasteiger charge is -2.48. The van der Waals surface area contributed by atoms with Crippen LogP contribution in [0.15, 0.2) is 36.5 Å². The number of carbonyl (C=O) groups is 1. The number of rotatable bonds is 56. The molecule has 3 fully saturated rings. The minimum absolute atomic E-state index is 0.241. The Morgan fingerprint density at radius 2 is 0.733 bits per heavy atom. The zero-order valence-corrected chi connectivity index (χ0v) is 55.9. The van der Waals surface area contributed by atoms with Crippen LogP contribution < -0.4 is 5.32 Å². The van der Waals surface area contributed by atoms with Crippen molar-refractivity contribution in [3.63, 3.8) is 0 Å². The van der Waals surface area contributed by atoms with Gasteiger partial charge < -0.3 is 89.9 Å². The van der Waals surface area contributed by atoms with Crippen LogP contribution in [0.3, 0.4) is 0 Å². The predicted molar refractivity (Wildman–Crippen MR) is 351 cm³/mol. The van der Waals surface area contributed by atoms with E-state index in [0.717, 1.165) is 57.8 Å². The first-order chi connectivity index (χ1) is 43.8. The van der Waals surface area contributed by atoms with E-state index in [4.69, 9.17) is 28.4 Å². The lowest BCUT2D eigenvalue weighted by molar-refractivity contribution is -0.379. The number of carbonyl (C=O) groups excluding carboxylic acids is 1. The summed E-state index contributed by atoms with van der Waals surface area (Å²) in [4.78, 5) is 13.4. The van der Waals surface area contributed by atoms with Crippen molar-refractivity contribution < 1.29 is 89.4 Å². The second-order valence-electron chi connectivity index (χ2n) is 26.1. The van der Waals surface area contributed by atoms with Gasteiger partial charge in [0.1, 0.15) is 73.2 Å². The van der Waals surface area contributed by atoms with Crippen molar-refractivity contribution in [1.82, 2.24) is 5.32 Å². The van der Waals surface area contributed by atoms with Gasteiger partial charge in [0, 0.05) is 6.42 Å². The topological polar surface area (TPSA) is 307 Å². The largest absolute Gasteiger partial charge is 0.394 e. The van der Waals surface area contributed by atoms with Gasteiger partial charge in [0.15, 0.2) is 18.9 Å². The molecule has 3 heterocycles. The minimum atomic E-state index is -1.97. The van der Waals surface area contributed by atoms with E-state index in [1.54, 1.807) is 0 Å². The quantitative estimate of drug-likeness (QED) is 0.0199. The average Bonchev–Trinajstić information content (AvgIpc) is 1.08. The number of hydrogen-bond donors (Lipinski definition) is 12. The molecule has 0 bridgehead atoms. The monoisotopic (exact) mass is 1290 g/mol. The Bertz CT molecular complexity index is 1780. The molecule has 0 aromatic rings. The van der Waals surface area contributed by atoms with Crippen LogP contribution in [0, 0.1) is 0 Å². The first-order valence-electron chi connectivity index (χ1n) is 36.2. The standard InChI is InChI=1S/C71H131NO18/c1-3-5-7-9-11-13-15-16-17-18-19-20-21-22-23-24-25-26-27-28-29-30-31-32-33-34-35-36-37-38-39-41-43-45-47-49-59(77)72-54(55(76)48-46-44-42-40-14-12-10-8-6-4-2)53-85-69-65(83)62(80)67(57(51-74)87-69)90-71-66(84)63(81)68(58(52-75)88-71)89-70-64(82)61(79)60(78)56(50-73)86-70/h15-16,18-19,21-22,54-58,60-71,73-76,78-84H,3-14,17,20,23-53H2,1-2H3,(H,72,77)/b16-15-,19-18-,22-21-. The Labute approximate surface area is 542 Å². The minimum Gasteiger partial charge on any atom is -0.394 e. The van der Waals surface area contributed by atoms with Crippen molar-refractivity contribution in [3.8, 4) is 0 Å². The van der Waals surface area contributed by atoms with Gasteiger partial charge in [-0.25, -0.2) is 0 Å². The zero-order valence-electron chi connectivity index (χ0n) is 55.9. The van der Waals surface area contributed by atoms with Gasteiger partial charge in [-0.05, 0) is 51.4 Å². The van der Waals surface area contributed by atoms with Crippen molar-refractivity contribution in [2.75, 3.05) is 26.4 Å². The van der Waals surface area contributed by atoms with E-state index in [-0.39, 0.29) is 18.9 Å². The first-order valence-corrected chi connectivity index (χ1v) is 36.2. The van der Waals surface area contributed by atoms with Crippen LogP contribution in [0.5, 0.6) is 0 Å². The van der Waals surface area contributed by atoms with Crippen molar-refractivity contribution in [1.29, 1.82) is 0 Å². The van der Waals surface area contributed by atoms with Gasteiger partial charge >= 0.3 is 0 Å². The molecular weight excluding hydrogens is 1150 g/mol. The Morgan fingerprint density at radius 3 is 1.14 bits per heavy atom. The van der Waals surface area contributed by atoms with Gasteiger partial charge in [-0.2, -0.15) is 0 Å². The predicted octanol–water partition coefficient (Wildman–Crippen LogP) is 10.00. The third-order valence-electron chi connectivity index (χ3n) is 18.2. The van der Waals surface area contributed by atoms with Crippen molar-refractivity contribution in [3.05, 3.63) is 36.5 Å². The van der Waals surface area contributed by atoms with Crippen LogP contribution in [0.1, 0.15) is 277 Å². The molecule has 0 radical (unpaired) electrons. The number of allylic oxidation sites excluding steroid dienone is 6. The molecule has 90 heavy (non-hydrogen) atoms. The van der Waals surface area contributed by atoms with Crippen LogP contribution >= 0.6 is 0 Å². The Kier molecular flexibility index (Phi) is 48.6. The van der Waals surface area contributed by atoms with Crippen LogP contribution in [-0.4, -0.2) is 193 Å². The molecule has 19 heteroatoms. The third-order valence-corrected chi connectivity index (χ3v) is 18.2.